The number of hydrogen-bond acceptors (Lipinski definition) is 3. The zero-order valence-electron chi connectivity index (χ0n) is 21.2. The Bertz CT molecular complexity index is 600. The molecule has 0 saturated carbocycles. The average molecular weight is 479 g/mol. The van der Waals surface area contributed by atoms with Gasteiger partial charge < -0.3 is 10.0 Å². The molecular formula is C23H50N4S3. The van der Waals surface area contributed by atoms with Gasteiger partial charge in [-0.25, -0.2) is 0 Å². The summed E-state index contributed by atoms with van der Waals surface area (Å²) in [7, 11) is 2.06. The van der Waals surface area contributed by atoms with Gasteiger partial charge in [0.05, 0.1) is 5.54 Å². The van der Waals surface area contributed by atoms with Crippen LogP contribution in [0.25, 0.3) is 0 Å². The molecule has 7 heteroatoms. The van der Waals surface area contributed by atoms with Crippen LogP contribution >= 0.6 is 34.8 Å². The van der Waals surface area contributed by atoms with Gasteiger partial charge in [0.15, 0.2) is 5.17 Å². The third-order valence-corrected chi connectivity index (χ3v) is 12.3. The molecule has 0 fully saturated rings. The maximum absolute atomic E-state index is 6.40. The number of aliphatic imine (C=N–C) groups is 1. The quantitative estimate of drug-likeness (QED) is 0.132. The van der Waals surface area contributed by atoms with Gasteiger partial charge in [-0.2, -0.15) is 22.2 Å². The number of rotatable bonds is 12. The van der Waals surface area contributed by atoms with E-state index in [1.807, 2.05) is 5.41 Å². The highest BCUT2D eigenvalue weighted by molar-refractivity contribution is 8.20. The lowest BCUT2D eigenvalue weighted by atomic mass is 9.84. The average Bonchev–Trinajstić information content (AvgIpc) is 2.64. The van der Waals surface area contributed by atoms with Gasteiger partial charge in [-0.3, -0.25) is 9.71 Å². The molecule has 0 heterocycles. The Morgan fingerprint density at radius 1 is 1.10 bits per heavy atom. The molecule has 0 aromatic rings. The van der Waals surface area contributed by atoms with Crippen LogP contribution in [0.4, 0.5) is 0 Å². The fraction of sp³-hybridized carbons (Fsp3) is 0.783. The van der Waals surface area contributed by atoms with Crippen molar-refractivity contribution in [2.75, 3.05) is 13.6 Å². The third-order valence-electron chi connectivity index (χ3n) is 6.08. The molecule has 0 saturated heterocycles. The fourth-order valence-electron chi connectivity index (χ4n) is 3.81. The van der Waals surface area contributed by atoms with Crippen molar-refractivity contribution in [3.05, 3.63) is 24.0 Å². The van der Waals surface area contributed by atoms with Crippen molar-refractivity contribution in [2.24, 2.45) is 10.7 Å². The van der Waals surface area contributed by atoms with Crippen LogP contribution in [0.15, 0.2) is 29.0 Å². The minimum atomic E-state index is -0.729. The van der Waals surface area contributed by atoms with Gasteiger partial charge in [-0.1, -0.05) is 54.2 Å². The van der Waals surface area contributed by atoms with Gasteiger partial charge in [0.25, 0.3) is 0 Å². The van der Waals surface area contributed by atoms with Crippen molar-refractivity contribution in [1.29, 1.82) is 0 Å². The maximum atomic E-state index is 6.40. The largest absolute Gasteiger partial charge is 0.328 e. The van der Waals surface area contributed by atoms with Crippen LogP contribution in [0.2, 0.25) is 0 Å². The summed E-state index contributed by atoms with van der Waals surface area (Å²) < 4.78 is 5.99. The molecule has 4 nitrogen and oxygen atoms in total. The van der Waals surface area contributed by atoms with E-state index in [4.69, 9.17) is 23.4 Å². The summed E-state index contributed by atoms with van der Waals surface area (Å²) in [5.74, 6) is 0. The molecule has 0 aliphatic heterocycles. The van der Waals surface area contributed by atoms with Gasteiger partial charge in [-0.15, -0.1) is 12.6 Å². The first-order valence-electron chi connectivity index (χ1n) is 10.9. The van der Waals surface area contributed by atoms with E-state index in [2.05, 4.69) is 97.0 Å². The molecule has 0 radical (unpaired) electrons. The second kappa shape index (κ2) is 11.7. The molecule has 0 amide bonds. The first-order chi connectivity index (χ1) is 13.6. The molecule has 0 bridgehead atoms. The maximum Gasteiger partial charge on any atom is 0.165 e. The monoisotopic (exact) mass is 478 g/mol. The van der Waals surface area contributed by atoms with E-state index in [-0.39, 0.29) is 15.0 Å². The van der Waals surface area contributed by atoms with Crippen molar-refractivity contribution >= 4 is 40.0 Å². The standard InChI is InChI=1S/C23H50N4S3/c1-13-17-21(8,9)26-29(15-3)23(11,14-2)22(10,18-24)25-19(28)27(12)30(16-4)20(5,6)7/h15-16,26,29-30H,3-4,13-14,17-18,24H2,1-2,5-12H3,(H,25,28). The highest BCUT2D eigenvalue weighted by atomic mass is 32.2. The topological polar surface area (TPSA) is 53.6 Å². The third kappa shape index (κ3) is 7.22. The second-order valence-corrected chi connectivity index (χ2v) is 15.7. The molecule has 4 atom stereocenters. The lowest BCUT2D eigenvalue weighted by molar-refractivity contribution is 0.347. The predicted molar refractivity (Wildman–Crippen MR) is 151 cm³/mol. The fourth-order valence-corrected chi connectivity index (χ4v) is 8.76. The minimum Gasteiger partial charge on any atom is -0.328 e. The Labute approximate surface area is 199 Å². The van der Waals surface area contributed by atoms with Crippen LogP contribution in [0.1, 0.15) is 81.6 Å². The minimum absolute atomic E-state index is 0.0360. The first-order valence-corrected chi connectivity index (χ1v) is 14.2. The van der Waals surface area contributed by atoms with Gasteiger partial charge in [-0.05, 0) is 51.4 Å². The molecule has 3 N–H and O–H groups in total. The van der Waals surface area contributed by atoms with Crippen LogP contribution in [0, 0.1) is 0 Å². The number of nitrogens with two attached hydrogens (primary N) is 1. The van der Waals surface area contributed by atoms with Crippen molar-refractivity contribution in [2.45, 2.75) is 102 Å². The van der Waals surface area contributed by atoms with Crippen molar-refractivity contribution in [1.82, 2.24) is 9.03 Å². The number of amidine groups is 1. The van der Waals surface area contributed by atoms with Crippen molar-refractivity contribution < 1.29 is 0 Å². The van der Waals surface area contributed by atoms with E-state index >= 15 is 0 Å². The van der Waals surface area contributed by atoms with E-state index < -0.39 is 27.7 Å². The Morgan fingerprint density at radius 3 is 1.97 bits per heavy atom. The van der Waals surface area contributed by atoms with Crippen LogP contribution in [0.5, 0.6) is 0 Å². The number of nitrogens with zero attached hydrogens (tertiary/aromatic N) is 2. The van der Waals surface area contributed by atoms with Gasteiger partial charge in [0.1, 0.15) is 0 Å². The van der Waals surface area contributed by atoms with Crippen molar-refractivity contribution in [3.8, 4) is 0 Å². The SMILES string of the molecule is C=C[SH](N(C)C(S)=NC(C)(CN)C(C)(CC)[SH](C=C)NC(C)(C)CCC)C(C)(C)C. The highest BCUT2D eigenvalue weighted by Gasteiger charge is 2.47. The molecule has 30 heavy (non-hydrogen) atoms. The molecule has 0 aromatic carbocycles. The summed E-state index contributed by atoms with van der Waals surface area (Å²) in [6.45, 7) is 28.8. The van der Waals surface area contributed by atoms with Crippen LogP contribution < -0.4 is 10.5 Å². The summed E-state index contributed by atoms with van der Waals surface area (Å²) >= 11 is 3.48. The van der Waals surface area contributed by atoms with Crippen molar-refractivity contribution in [3.63, 3.8) is 0 Å². The van der Waals surface area contributed by atoms with Crippen LogP contribution in [-0.2, 0) is 0 Å². The Balaban J connectivity index is 6.23. The Kier molecular flexibility index (Phi) is 11.7. The number of nitrogens with one attached hydrogen (secondary N) is 1. The second-order valence-electron chi connectivity index (χ2n) is 10.0. The number of thiol groups is 3. The zero-order chi connectivity index (χ0) is 24.0. The number of hydrogen-bond donors (Lipinski definition) is 5. The summed E-state index contributed by atoms with van der Waals surface area (Å²) in [5.41, 5.74) is 5.95. The zero-order valence-corrected chi connectivity index (χ0v) is 23.9. The van der Waals surface area contributed by atoms with Gasteiger partial charge in [0, 0.05) is 28.6 Å². The Hall–Kier alpha value is -0.0800. The molecule has 0 rings (SSSR count). The summed E-state index contributed by atoms with van der Waals surface area (Å²) in [6.07, 6.45) is 3.19. The van der Waals surface area contributed by atoms with E-state index in [1.165, 1.54) is 0 Å². The lowest BCUT2D eigenvalue weighted by Crippen LogP contribution is -2.56. The summed E-state index contributed by atoms with van der Waals surface area (Å²) in [5, 5.41) is 4.84. The smallest absolute Gasteiger partial charge is 0.165 e. The first kappa shape index (κ1) is 29.9. The molecule has 4 unspecified atom stereocenters. The van der Waals surface area contributed by atoms with E-state index in [0.717, 1.165) is 24.4 Å². The molecule has 0 aliphatic rings. The van der Waals surface area contributed by atoms with Gasteiger partial charge in [0.2, 0.25) is 0 Å². The van der Waals surface area contributed by atoms with Crippen LogP contribution in [-0.4, -0.2) is 43.6 Å². The molecule has 0 aromatic heterocycles. The molecular weight excluding hydrogens is 428 g/mol. The van der Waals surface area contributed by atoms with E-state index in [1.54, 1.807) is 0 Å². The molecule has 0 spiro atoms. The molecule has 180 valence electrons. The normalized spacial score (nSPS) is 20.6. The molecule has 0 aliphatic carbocycles. The summed E-state index contributed by atoms with van der Waals surface area (Å²) in [6, 6.07) is 0. The van der Waals surface area contributed by atoms with E-state index in [0.29, 0.717) is 6.54 Å². The lowest BCUT2D eigenvalue weighted by Gasteiger charge is -2.52. The predicted octanol–water partition coefficient (Wildman–Crippen LogP) is 6.18. The van der Waals surface area contributed by atoms with Crippen LogP contribution in [0.3, 0.4) is 0 Å². The van der Waals surface area contributed by atoms with E-state index in [9.17, 15) is 0 Å². The Morgan fingerprint density at radius 2 is 1.63 bits per heavy atom. The highest BCUT2D eigenvalue weighted by Crippen LogP contribution is 2.52. The van der Waals surface area contributed by atoms with Gasteiger partial charge >= 0.3 is 0 Å². The summed E-state index contributed by atoms with van der Waals surface area (Å²) in [4.78, 5) is 5.18.